The summed E-state index contributed by atoms with van der Waals surface area (Å²) in [7, 11) is 5.39. The van der Waals surface area contributed by atoms with Gasteiger partial charge in [0.1, 0.15) is 0 Å². The van der Waals surface area contributed by atoms with Gasteiger partial charge in [0.2, 0.25) is 0 Å². The Balaban J connectivity index is 3.71. The molecule has 0 rings (SSSR count). The summed E-state index contributed by atoms with van der Waals surface area (Å²) < 4.78 is -0.219. The van der Waals surface area contributed by atoms with E-state index in [2.05, 4.69) is 45.7 Å². The van der Waals surface area contributed by atoms with Crippen LogP contribution < -0.4 is 0 Å². The van der Waals surface area contributed by atoms with Crippen molar-refractivity contribution >= 4 is 65.0 Å². The van der Waals surface area contributed by atoms with Crippen molar-refractivity contribution in [3.63, 3.8) is 0 Å². The minimum atomic E-state index is -0.219. The summed E-state index contributed by atoms with van der Waals surface area (Å²) in [6.07, 6.45) is 0. The minimum absolute atomic E-state index is 0.219. The molecule has 0 aromatic heterocycles. The molecule has 0 aliphatic heterocycles. The van der Waals surface area contributed by atoms with Crippen LogP contribution >= 0.6 is 60.0 Å². The predicted molar refractivity (Wildman–Crippen MR) is 58.5 cm³/mol. The molecule has 0 fully saturated rings. The molecule has 0 saturated heterocycles. The van der Waals surface area contributed by atoms with Gasteiger partial charge in [-0.2, -0.15) is 0 Å². The number of hydrogen-bond donors (Lipinski definition) is 0. The van der Waals surface area contributed by atoms with Crippen molar-refractivity contribution in [3.05, 3.63) is 0 Å². The van der Waals surface area contributed by atoms with Gasteiger partial charge < -0.3 is 0 Å². The molecule has 0 saturated carbocycles. The first-order valence-electron chi connectivity index (χ1n) is 1.72. The third-order valence-corrected chi connectivity index (χ3v) is 4.29. The summed E-state index contributed by atoms with van der Waals surface area (Å²) >= 11 is 7.60. The first kappa shape index (κ1) is 10.2. The maximum atomic E-state index is 5.54. The molecule has 0 aliphatic rings. The number of halogens is 2. The zero-order valence-corrected chi connectivity index (χ0v) is 10.2. The molecule has 8 heavy (non-hydrogen) atoms. The molecule has 0 aromatic carbocycles. The Labute approximate surface area is 74.3 Å². The van der Waals surface area contributed by atoms with E-state index in [1.54, 1.807) is 4.93 Å². The molecule has 1 nitrogen and oxygen atoms in total. The van der Waals surface area contributed by atoms with E-state index in [4.69, 9.17) is 11.2 Å². The average Bonchev–Trinajstić information content (AvgIpc) is 1.67. The molecule has 0 amide bonds. The maximum absolute atomic E-state index is 5.54. The molecule has 3 atom stereocenters. The Morgan fingerprint density at radius 1 is 1.75 bits per heavy atom. The zero-order chi connectivity index (χ0) is 6.62. The second-order valence-electron chi connectivity index (χ2n) is 1.15. The van der Waals surface area contributed by atoms with Crippen LogP contribution in [0.5, 0.6) is 0 Å². The molecule has 0 radical (unpaired) electrons. The third kappa shape index (κ3) is 5.00. The molecule has 46 valence electrons. The van der Waals surface area contributed by atoms with Crippen molar-refractivity contribution in [1.82, 2.24) is 0 Å². The first-order chi connectivity index (χ1) is 3.62. The molecule has 0 N–H and O–H groups in total. The van der Waals surface area contributed by atoms with E-state index in [1.165, 1.54) is 0 Å². The van der Waals surface area contributed by atoms with Crippen LogP contribution in [0.3, 0.4) is 0 Å². The fourth-order valence-electron chi connectivity index (χ4n) is 0.105. The van der Waals surface area contributed by atoms with Crippen molar-refractivity contribution in [2.24, 2.45) is 4.90 Å². The van der Waals surface area contributed by atoms with E-state index < -0.39 is 0 Å². The summed E-state index contributed by atoms with van der Waals surface area (Å²) in [5, 5.41) is 0. The SMILES string of the molecule is PC(P)(N=BI)PCl. The van der Waals surface area contributed by atoms with Crippen LogP contribution in [0.4, 0.5) is 0 Å². The second kappa shape index (κ2) is 4.91. The summed E-state index contributed by atoms with van der Waals surface area (Å²) in [6.45, 7) is 0. The van der Waals surface area contributed by atoms with Gasteiger partial charge >= 0.3 is 74.6 Å². The van der Waals surface area contributed by atoms with E-state index >= 15 is 0 Å². The molecule has 0 spiro atoms. The zero-order valence-electron chi connectivity index (χ0n) is 3.94. The molecular formula is CH5BClINP3. The van der Waals surface area contributed by atoms with Gasteiger partial charge in [0.25, 0.3) is 0 Å². The van der Waals surface area contributed by atoms with Gasteiger partial charge in [-0.25, -0.2) is 0 Å². The molecule has 7 heteroatoms. The Morgan fingerprint density at radius 3 is 2.38 bits per heavy atom. The van der Waals surface area contributed by atoms with E-state index in [0.29, 0.717) is 0 Å². The van der Waals surface area contributed by atoms with Crippen LogP contribution in [0.25, 0.3) is 0 Å². The number of rotatable bonds is 2. The van der Waals surface area contributed by atoms with Crippen LogP contribution in [0, 0.1) is 0 Å². The number of nitrogens with zero attached hydrogens (tertiary/aromatic N) is 1. The topological polar surface area (TPSA) is 12.4 Å². The standard InChI is InChI=1S/CH5BClINP3/c3-8-1(6,7)5-2-4/h8H,6-7H2. The van der Waals surface area contributed by atoms with Gasteiger partial charge in [0, 0.05) is 0 Å². The molecule has 0 aromatic rings. The van der Waals surface area contributed by atoms with Crippen LogP contribution in [0.2, 0.25) is 0 Å². The Morgan fingerprint density at radius 2 is 2.25 bits per heavy atom. The van der Waals surface area contributed by atoms with Gasteiger partial charge in [-0.1, -0.05) is 0 Å². The number of hydrogen-bond acceptors (Lipinski definition) is 1. The fraction of sp³-hybridized carbons (Fsp3) is 1.00. The van der Waals surface area contributed by atoms with E-state index in [0.717, 1.165) is 0 Å². The molecular weight excluding hydrogens is 292 g/mol. The summed E-state index contributed by atoms with van der Waals surface area (Å²) in [5.41, 5.74) is 0. The van der Waals surface area contributed by atoms with Crippen LogP contribution in [0.1, 0.15) is 0 Å². The Kier molecular flexibility index (Phi) is 6.24. The van der Waals surface area contributed by atoms with Crippen LogP contribution in [-0.2, 0) is 0 Å². The van der Waals surface area contributed by atoms with Crippen molar-refractivity contribution in [2.75, 3.05) is 0 Å². The molecule has 3 unspecified atom stereocenters. The predicted octanol–water partition coefficient (Wildman–Crippen LogP) is 2.42. The normalized spacial score (nSPS) is 13.5. The second-order valence-corrected chi connectivity index (χ2v) is 6.84. The first-order valence-corrected chi connectivity index (χ1v) is 6.13. The van der Waals surface area contributed by atoms with E-state index in [-0.39, 0.29) is 12.7 Å². The summed E-state index contributed by atoms with van der Waals surface area (Å²) in [4.78, 5) is 5.76. The van der Waals surface area contributed by atoms with Crippen molar-refractivity contribution in [1.29, 1.82) is 0 Å². The molecule has 0 heterocycles. The quantitative estimate of drug-likeness (QED) is 0.422. The fourth-order valence-corrected chi connectivity index (χ4v) is 1.84. The monoisotopic (exact) mass is 297 g/mol. The van der Waals surface area contributed by atoms with Crippen LogP contribution in [0.15, 0.2) is 4.90 Å². The van der Waals surface area contributed by atoms with Gasteiger partial charge in [0.15, 0.2) is 0 Å². The van der Waals surface area contributed by atoms with Gasteiger partial charge in [-0.15, -0.1) is 0 Å². The summed E-state index contributed by atoms with van der Waals surface area (Å²) in [6, 6.07) is 0. The van der Waals surface area contributed by atoms with Gasteiger partial charge in [0.05, 0.1) is 0 Å². The average molecular weight is 297 g/mol. The Hall–Kier alpha value is 2.17. The van der Waals surface area contributed by atoms with Crippen molar-refractivity contribution < 1.29 is 0 Å². The van der Waals surface area contributed by atoms with Gasteiger partial charge in [-0.05, 0) is 0 Å². The van der Waals surface area contributed by atoms with Crippen molar-refractivity contribution in [3.8, 4) is 0 Å². The summed E-state index contributed by atoms with van der Waals surface area (Å²) in [5.74, 6) is 0. The van der Waals surface area contributed by atoms with Gasteiger partial charge in [-0.3, -0.25) is 0 Å². The van der Waals surface area contributed by atoms with E-state index in [9.17, 15) is 0 Å². The van der Waals surface area contributed by atoms with E-state index in [1.807, 2.05) is 0 Å². The molecule has 0 bridgehead atoms. The Bertz CT molecular complexity index is 97.3. The molecule has 0 aliphatic carbocycles. The third-order valence-electron chi connectivity index (χ3n) is 0.414. The van der Waals surface area contributed by atoms with Crippen LogP contribution in [-0.4, -0.2) is 9.69 Å². The van der Waals surface area contributed by atoms with Crippen molar-refractivity contribution in [2.45, 2.75) is 4.76 Å².